The Kier molecular flexibility index (Phi) is 5.51. The molecule has 2 aliphatic heterocycles. The first-order valence-electron chi connectivity index (χ1n) is 9.32. The highest BCUT2D eigenvalue weighted by molar-refractivity contribution is 7.09. The Morgan fingerprint density at radius 1 is 1.12 bits per heavy atom. The molecule has 0 aromatic carbocycles. The number of hydrogen-bond donors (Lipinski definition) is 0. The quantitative estimate of drug-likeness (QED) is 0.814. The van der Waals surface area contributed by atoms with Gasteiger partial charge in [-0.25, -0.2) is 4.98 Å². The summed E-state index contributed by atoms with van der Waals surface area (Å²) in [6.45, 7) is 9.16. The average Bonchev–Trinajstić information content (AvgIpc) is 3.27. The molecule has 2 aliphatic rings. The molecule has 2 aromatic rings. The summed E-state index contributed by atoms with van der Waals surface area (Å²) < 4.78 is 11.9. The lowest BCUT2D eigenvalue weighted by Gasteiger charge is -2.33. The predicted molar refractivity (Wildman–Crippen MR) is 98.7 cm³/mol. The molecule has 5 nitrogen and oxygen atoms in total. The zero-order valence-corrected chi connectivity index (χ0v) is 15.8. The van der Waals surface area contributed by atoms with E-state index in [-0.39, 0.29) is 6.10 Å². The number of thiazole rings is 1. The van der Waals surface area contributed by atoms with Crippen molar-refractivity contribution in [2.75, 3.05) is 32.8 Å². The van der Waals surface area contributed by atoms with Crippen LogP contribution in [0.5, 0.6) is 0 Å². The van der Waals surface area contributed by atoms with Gasteiger partial charge in [0.25, 0.3) is 0 Å². The smallest absolute Gasteiger partial charge is 0.133 e. The molecule has 0 aliphatic carbocycles. The van der Waals surface area contributed by atoms with E-state index < -0.39 is 0 Å². The van der Waals surface area contributed by atoms with Gasteiger partial charge in [0, 0.05) is 44.7 Å². The van der Waals surface area contributed by atoms with E-state index >= 15 is 0 Å². The first-order chi connectivity index (χ1) is 12.3. The summed E-state index contributed by atoms with van der Waals surface area (Å²) >= 11 is 1.74. The molecule has 2 aromatic heterocycles. The van der Waals surface area contributed by atoms with Gasteiger partial charge in [-0.3, -0.25) is 9.80 Å². The minimum Gasteiger partial charge on any atom is -0.462 e. The average molecular weight is 362 g/mol. The number of rotatable bonds is 5. The molecule has 136 valence electrons. The zero-order valence-electron chi connectivity index (χ0n) is 14.9. The van der Waals surface area contributed by atoms with Crippen molar-refractivity contribution in [3.63, 3.8) is 0 Å². The minimum atomic E-state index is 0.168. The fourth-order valence-electron chi connectivity index (χ4n) is 3.65. The normalized spacial score (nSPS) is 23.2. The van der Waals surface area contributed by atoms with Crippen molar-refractivity contribution in [2.45, 2.75) is 45.4 Å². The van der Waals surface area contributed by atoms with Crippen molar-refractivity contribution in [1.29, 1.82) is 0 Å². The van der Waals surface area contributed by atoms with Crippen LogP contribution in [0.15, 0.2) is 21.9 Å². The summed E-state index contributed by atoms with van der Waals surface area (Å²) in [5.74, 6) is 2.07. The molecule has 0 unspecified atom stereocenters. The number of hydrogen-bond acceptors (Lipinski definition) is 6. The fourth-order valence-corrected chi connectivity index (χ4v) is 4.26. The van der Waals surface area contributed by atoms with Crippen LogP contribution in [-0.2, 0) is 17.8 Å². The molecule has 0 N–H and O–H groups in total. The SMILES string of the molecule is Cc1nc(CN2CCN(Cc3ccc([C@H]4CCCCO4)o3)CC2)cs1. The van der Waals surface area contributed by atoms with Crippen LogP contribution in [-0.4, -0.2) is 47.6 Å². The van der Waals surface area contributed by atoms with E-state index in [0.29, 0.717) is 0 Å². The van der Waals surface area contributed by atoms with E-state index in [9.17, 15) is 0 Å². The number of ether oxygens (including phenoxy) is 1. The number of aryl methyl sites for hydroxylation is 1. The maximum absolute atomic E-state index is 6.06. The molecule has 0 amide bonds. The van der Waals surface area contributed by atoms with Gasteiger partial charge >= 0.3 is 0 Å². The fraction of sp³-hybridized carbons (Fsp3) is 0.632. The summed E-state index contributed by atoms with van der Waals surface area (Å²) in [6, 6.07) is 4.23. The molecule has 0 saturated carbocycles. The Balaban J connectivity index is 1.25. The van der Waals surface area contributed by atoms with Crippen molar-refractivity contribution in [2.24, 2.45) is 0 Å². The standard InChI is InChI=1S/C19H27N3O2S/c1-15-20-16(14-25-15)12-21-7-9-22(10-8-21)13-17-5-6-19(24-17)18-4-2-3-11-23-18/h5-6,14,18H,2-4,7-13H2,1H3/t18-/m1/s1. The second-order valence-corrected chi connectivity index (χ2v) is 8.13. The van der Waals surface area contributed by atoms with Gasteiger partial charge in [-0.1, -0.05) is 0 Å². The Morgan fingerprint density at radius 3 is 2.60 bits per heavy atom. The van der Waals surface area contributed by atoms with Gasteiger partial charge in [0.1, 0.15) is 17.6 Å². The van der Waals surface area contributed by atoms with Crippen molar-refractivity contribution in [1.82, 2.24) is 14.8 Å². The van der Waals surface area contributed by atoms with Gasteiger partial charge in [-0.15, -0.1) is 11.3 Å². The van der Waals surface area contributed by atoms with Crippen LogP contribution in [0.4, 0.5) is 0 Å². The highest BCUT2D eigenvalue weighted by Crippen LogP contribution is 2.29. The van der Waals surface area contributed by atoms with Crippen LogP contribution in [0.3, 0.4) is 0 Å². The lowest BCUT2D eigenvalue weighted by molar-refractivity contribution is 0.000628. The van der Waals surface area contributed by atoms with Crippen molar-refractivity contribution < 1.29 is 9.15 Å². The molecular formula is C19H27N3O2S. The van der Waals surface area contributed by atoms with Crippen molar-refractivity contribution >= 4 is 11.3 Å². The summed E-state index contributed by atoms with van der Waals surface area (Å²) in [5.41, 5.74) is 1.21. The third-order valence-electron chi connectivity index (χ3n) is 5.08. The summed E-state index contributed by atoms with van der Waals surface area (Å²) in [7, 11) is 0. The molecule has 6 heteroatoms. The topological polar surface area (TPSA) is 41.7 Å². The minimum absolute atomic E-state index is 0.168. The van der Waals surface area contributed by atoms with E-state index in [1.807, 2.05) is 0 Å². The second kappa shape index (κ2) is 7.99. The highest BCUT2D eigenvalue weighted by atomic mass is 32.1. The monoisotopic (exact) mass is 361 g/mol. The zero-order chi connectivity index (χ0) is 17.1. The van der Waals surface area contributed by atoms with Crippen LogP contribution in [0.2, 0.25) is 0 Å². The molecule has 4 rings (SSSR count). The third kappa shape index (κ3) is 4.50. The molecular weight excluding hydrogens is 334 g/mol. The number of furan rings is 1. The Hall–Kier alpha value is -1.21. The molecule has 4 heterocycles. The highest BCUT2D eigenvalue weighted by Gasteiger charge is 2.22. The Labute approximate surface area is 153 Å². The van der Waals surface area contributed by atoms with Gasteiger partial charge in [-0.2, -0.15) is 0 Å². The second-order valence-electron chi connectivity index (χ2n) is 7.07. The molecule has 2 fully saturated rings. The Bertz CT molecular complexity index is 670. The van der Waals surface area contributed by atoms with Crippen LogP contribution in [0.25, 0.3) is 0 Å². The van der Waals surface area contributed by atoms with Crippen molar-refractivity contribution in [3.8, 4) is 0 Å². The maximum Gasteiger partial charge on any atom is 0.133 e. The number of aromatic nitrogens is 1. The van der Waals surface area contributed by atoms with E-state index in [1.54, 1.807) is 11.3 Å². The first-order valence-corrected chi connectivity index (χ1v) is 10.2. The summed E-state index contributed by atoms with van der Waals surface area (Å²) in [5, 5.41) is 3.34. The van der Waals surface area contributed by atoms with E-state index in [1.165, 1.54) is 18.5 Å². The molecule has 0 bridgehead atoms. The third-order valence-corrected chi connectivity index (χ3v) is 5.90. The molecule has 1 atom stereocenters. The summed E-state index contributed by atoms with van der Waals surface area (Å²) in [4.78, 5) is 9.55. The number of piperazine rings is 1. The van der Waals surface area contributed by atoms with Crippen LogP contribution in [0, 0.1) is 6.92 Å². The predicted octanol–water partition coefficient (Wildman–Crippen LogP) is 3.60. The van der Waals surface area contributed by atoms with E-state index in [2.05, 4.69) is 39.2 Å². The molecule has 0 spiro atoms. The first kappa shape index (κ1) is 17.2. The van der Waals surface area contributed by atoms with Crippen molar-refractivity contribution in [3.05, 3.63) is 39.7 Å². The summed E-state index contributed by atoms with van der Waals surface area (Å²) in [6.07, 6.45) is 3.67. The lowest BCUT2D eigenvalue weighted by atomic mass is 10.1. The largest absolute Gasteiger partial charge is 0.462 e. The Morgan fingerprint density at radius 2 is 1.92 bits per heavy atom. The van der Waals surface area contributed by atoms with Gasteiger partial charge in [0.05, 0.1) is 17.2 Å². The van der Waals surface area contributed by atoms with E-state index in [4.69, 9.17) is 9.15 Å². The van der Waals surface area contributed by atoms with Crippen LogP contribution in [0.1, 0.15) is 47.6 Å². The van der Waals surface area contributed by atoms with Gasteiger partial charge in [0.2, 0.25) is 0 Å². The van der Waals surface area contributed by atoms with Crippen LogP contribution < -0.4 is 0 Å². The van der Waals surface area contributed by atoms with Gasteiger partial charge in [0.15, 0.2) is 0 Å². The lowest BCUT2D eigenvalue weighted by Crippen LogP contribution is -2.45. The molecule has 2 saturated heterocycles. The number of nitrogens with zero attached hydrogens (tertiary/aromatic N) is 3. The molecule has 25 heavy (non-hydrogen) atoms. The maximum atomic E-state index is 6.06. The van der Waals surface area contributed by atoms with Gasteiger partial charge < -0.3 is 9.15 Å². The molecule has 0 radical (unpaired) electrons. The van der Waals surface area contributed by atoms with E-state index in [0.717, 1.165) is 68.8 Å². The van der Waals surface area contributed by atoms with Gasteiger partial charge in [-0.05, 0) is 38.3 Å². The van der Waals surface area contributed by atoms with Crippen LogP contribution >= 0.6 is 11.3 Å².